The van der Waals surface area contributed by atoms with E-state index in [2.05, 4.69) is 42.2 Å². The second kappa shape index (κ2) is 8.09. The van der Waals surface area contributed by atoms with Gasteiger partial charge in [0.15, 0.2) is 5.13 Å². The second-order valence-corrected chi connectivity index (χ2v) is 8.01. The van der Waals surface area contributed by atoms with Crippen molar-refractivity contribution in [1.29, 1.82) is 0 Å². The molecule has 27 heavy (non-hydrogen) atoms. The molecule has 0 atom stereocenters. The molecule has 0 aliphatic carbocycles. The van der Waals surface area contributed by atoms with Gasteiger partial charge < -0.3 is 9.80 Å². The van der Waals surface area contributed by atoms with Crippen LogP contribution in [0.3, 0.4) is 0 Å². The minimum absolute atomic E-state index is 0.260. The molecule has 2 heterocycles. The van der Waals surface area contributed by atoms with Crippen LogP contribution in [0.5, 0.6) is 0 Å². The molecule has 1 aliphatic rings. The fourth-order valence-electron chi connectivity index (χ4n) is 3.51. The first-order valence-electron chi connectivity index (χ1n) is 9.69. The molecule has 0 radical (unpaired) electrons. The van der Waals surface area contributed by atoms with E-state index in [1.807, 2.05) is 23.1 Å². The highest BCUT2D eigenvalue weighted by molar-refractivity contribution is 7.22. The quantitative estimate of drug-likeness (QED) is 0.668. The van der Waals surface area contributed by atoms with Crippen molar-refractivity contribution in [1.82, 2.24) is 9.88 Å². The minimum Gasteiger partial charge on any atom is -0.345 e. The van der Waals surface area contributed by atoms with Gasteiger partial charge in [-0.25, -0.2) is 4.98 Å². The van der Waals surface area contributed by atoms with Crippen LogP contribution in [0.15, 0.2) is 48.5 Å². The van der Waals surface area contributed by atoms with Gasteiger partial charge in [0.1, 0.15) is 0 Å². The lowest BCUT2D eigenvalue weighted by molar-refractivity contribution is -0.131. The highest BCUT2D eigenvalue weighted by atomic mass is 32.1. The molecular weight excluding hydrogens is 354 g/mol. The molecular formula is C22H25N3OS. The Bertz CT molecular complexity index is 914. The van der Waals surface area contributed by atoms with E-state index in [0.29, 0.717) is 6.42 Å². The Kier molecular flexibility index (Phi) is 5.39. The van der Waals surface area contributed by atoms with E-state index in [4.69, 9.17) is 4.98 Å². The Hall–Kier alpha value is -2.40. The summed E-state index contributed by atoms with van der Waals surface area (Å²) in [6.07, 6.45) is 2.45. The van der Waals surface area contributed by atoms with Crippen LogP contribution in [0.2, 0.25) is 0 Å². The Balaban J connectivity index is 1.33. The summed E-state index contributed by atoms with van der Waals surface area (Å²) in [4.78, 5) is 21.6. The summed E-state index contributed by atoms with van der Waals surface area (Å²) in [5.74, 6) is 0.260. The van der Waals surface area contributed by atoms with Gasteiger partial charge in [-0.05, 0) is 36.1 Å². The Labute approximate surface area is 164 Å². The molecule has 0 spiro atoms. The van der Waals surface area contributed by atoms with Crippen LogP contribution < -0.4 is 4.90 Å². The van der Waals surface area contributed by atoms with Gasteiger partial charge in [-0.2, -0.15) is 0 Å². The average molecular weight is 380 g/mol. The lowest BCUT2D eigenvalue weighted by atomic mass is 10.1. The van der Waals surface area contributed by atoms with E-state index in [0.717, 1.165) is 49.7 Å². The molecule has 1 aliphatic heterocycles. The van der Waals surface area contributed by atoms with Crippen molar-refractivity contribution < 1.29 is 4.79 Å². The van der Waals surface area contributed by atoms with E-state index in [9.17, 15) is 4.79 Å². The van der Waals surface area contributed by atoms with E-state index in [1.54, 1.807) is 11.3 Å². The van der Waals surface area contributed by atoms with Crippen molar-refractivity contribution in [2.24, 2.45) is 0 Å². The van der Waals surface area contributed by atoms with Gasteiger partial charge in [0.25, 0.3) is 0 Å². The molecule has 0 bridgehead atoms. The Morgan fingerprint density at radius 1 is 1.04 bits per heavy atom. The number of aryl methyl sites for hydroxylation is 2. The maximum Gasteiger partial charge on any atom is 0.223 e. The number of benzene rings is 2. The maximum atomic E-state index is 12.5. The number of anilines is 1. The smallest absolute Gasteiger partial charge is 0.223 e. The van der Waals surface area contributed by atoms with Crippen molar-refractivity contribution in [3.05, 3.63) is 59.7 Å². The van der Waals surface area contributed by atoms with Gasteiger partial charge in [0.2, 0.25) is 5.91 Å². The van der Waals surface area contributed by atoms with E-state index >= 15 is 0 Å². The fraction of sp³-hybridized carbons (Fsp3) is 0.364. The first-order chi connectivity index (χ1) is 13.2. The first kappa shape index (κ1) is 18.0. The lowest BCUT2D eigenvalue weighted by Gasteiger charge is -2.34. The third-order valence-corrected chi connectivity index (χ3v) is 6.30. The number of rotatable bonds is 5. The highest BCUT2D eigenvalue weighted by Gasteiger charge is 2.22. The summed E-state index contributed by atoms with van der Waals surface area (Å²) in [5, 5.41) is 1.08. The molecule has 0 saturated carbocycles. The van der Waals surface area contributed by atoms with Gasteiger partial charge in [-0.15, -0.1) is 0 Å². The number of fused-ring (bicyclic) bond motifs is 1. The van der Waals surface area contributed by atoms with Crippen LogP contribution in [0.4, 0.5) is 5.13 Å². The van der Waals surface area contributed by atoms with Crippen LogP contribution in [0.1, 0.15) is 24.5 Å². The molecule has 1 amide bonds. The number of hydrogen-bond acceptors (Lipinski definition) is 4. The highest BCUT2D eigenvalue weighted by Crippen LogP contribution is 2.30. The molecule has 2 aromatic carbocycles. The zero-order valence-corrected chi connectivity index (χ0v) is 16.5. The van der Waals surface area contributed by atoms with Crippen LogP contribution in [0.25, 0.3) is 10.2 Å². The number of piperazine rings is 1. The monoisotopic (exact) mass is 379 g/mol. The minimum atomic E-state index is 0.260. The van der Waals surface area contributed by atoms with Crippen molar-refractivity contribution in [2.75, 3.05) is 31.1 Å². The van der Waals surface area contributed by atoms with Gasteiger partial charge in [-0.3, -0.25) is 4.79 Å². The Morgan fingerprint density at radius 2 is 1.81 bits per heavy atom. The number of nitrogens with zero attached hydrogens (tertiary/aromatic N) is 3. The molecule has 140 valence electrons. The average Bonchev–Trinajstić information content (AvgIpc) is 3.16. The summed E-state index contributed by atoms with van der Waals surface area (Å²) in [6, 6.07) is 16.8. The molecule has 4 rings (SSSR count). The molecule has 1 saturated heterocycles. The van der Waals surface area contributed by atoms with Gasteiger partial charge >= 0.3 is 0 Å². The normalized spacial score (nSPS) is 14.7. The Morgan fingerprint density at radius 3 is 2.56 bits per heavy atom. The van der Waals surface area contributed by atoms with E-state index in [1.165, 1.54) is 15.8 Å². The third-order valence-electron chi connectivity index (χ3n) is 5.22. The van der Waals surface area contributed by atoms with Crippen molar-refractivity contribution >= 4 is 32.6 Å². The maximum absolute atomic E-state index is 12.5. The molecule has 3 aromatic rings. The van der Waals surface area contributed by atoms with Gasteiger partial charge in [0, 0.05) is 32.6 Å². The summed E-state index contributed by atoms with van der Waals surface area (Å²) in [6.45, 7) is 5.46. The van der Waals surface area contributed by atoms with Crippen molar-refractivity contribution in [3.63, 3.8) is 0 Å². The topological polar surface area (TPSA) is 36.4 Å². The van der Waals surface area contributed by atoms with Gasteiger partial charge in [0.05, 0.1) is 10.2 Å². The van der Waals surface area contributed by atoms with E-state index < -0.39 is 0 Å². The molecule has 1 aromatic heterocycles. The number of carbonyl (C=O) groups is 1. The van der Waals surface area contributed by atoms with Crippen LogP contribution in [-0.4, -0.2) is 42.0 Å². The molecule has 5 heteroatoms. The summed E-state index contributed by atoms with van der Waals surface area (Å²) in [5.41, 5.74) is 3.66. The van der Waals surface area contributed by atoms with Crippen LogP contribution >= 0.6 is 11.3 Å². The summed E-state index contributed by atoms with van der Waals surface area (Å²) >= 11 is 1.76. The summed E-state index contributed by atoms with van der Waals surface area (Å²) < 4.78 is 1.26. The molecule has 0 N–H and O–H groups in total. The molecule has 4 nitrogen and oxygen atoms in total. The lowest BCUT2D eigenvalue weighted by Crippen LogP contribution is -2.48. The standard InChI is InChI=1S/C22H25N3OS/c1-2-17-8-10-19-20(16-17)27-22(23-19)25-14-12-24(13-15-25)21(26)11-9-18-6-4-3-5-7-18/h3-8,10,16H,2,9,11-15H2,1H3. The van der Waals surface area contributed by atoms with Crippen LogP contribution in [-0.2, 0) is 17.6 Å². The predicted octanol–water partition coefficient (Wildman–Crippen LogP) is 4.14. The SMILES string of the molecule is CCc1ccc2nc(N3CCN(C(=O)CCc4ccccc4)CC3)sc2c1. The number of aromatic nitrogens is 1. The van der Waals surface area contributed by atoms with Crippen molar-refractivity contribution in [2.45, 2.75) is 26.2 Å². The van der Waals surface area contributed by atoms with Gasteiger partial charge in [-0.1, -0.05) is 54.7 Å². The molecule has 1 fully saturated rings. The van der Waals surface area contributed by atoms with Crippen LogP contribution in [0, 0.1) is 0 Å². The second-order valence-electron chi connectivity index (χ2n) is 7.01. The third kappa shape index (κ3) is 4.14. The zero-order chi connectivity index (χ0) is 18.6. The van der Waals surface area contributed by atoms with Crippen molar-refractivity contribution in [3.8, 4) is 0 Å². The fourth-order valence-corrected chi connectivity index (χ4v) is 4.59. The first-order valence-corrected chi connectivity index (χ1v) is 10.5. The predicted molar refractivity (Wildman–Crippen MR) is 113 cm³/mol. The number of carbonyl (C=O) groups excluding carboxylic acids is 1. The molecule has 0 unspecified atom stereocenters. The summed E-state index contributed by atoms with van der Waals surface area (Å²) in [7, 11) is 0. The van der Waals surface area contributed by atoms with E-state index in [-0.39, 0.29) is 5.91 Å². The largest absolute Gasteiger partial charge is 0.345 e. The number of thiazole rings is 1. The number of amides is 1. The zero-order valence-electron chi connectivity index (χ0n) is 15.7. The number of hydrogen-bond donors (Lipinski definition) is 0.